The molecule has 13 heteroatoms. The van der Waals surface area contributed by atoms with Gasteiger partial charge >= 0.3 is 5.97 Å². The first-order valence-electron chi connectivity index (χ1n) is 9.28. The molecule has 1 aromatic rings. The number of nitrogens with two attached hydrogens (primary N) is 1. The number of carbonyl (C=O) groups excluding carboxylic acids is 2. The quantitative estimate of drug-likeness (QED) is 0.181. The summed E-state index contributed by atoms with van der Waals surface area (Å²) in [5, 5.41) is 41.6. The number of aliphatic hydroxyl groups is 3. The molecule has 1 saturated heterocycles. The molecule has 7 N–H and O–H groups in total. The molecule has 168 valence electrons. The molecule has 0 bridgehead atoms. The Morgan fingerprint density at radius 3 is 2.48 bits per heavy atom. The third-order valence-electron chi connectivity index (χ3n) is 4.39. The average Bonchev–Trinajstić information content (AvgIpc) is 2.72. The Morgan fingerprint density at radius 2 is 1.87 bits per heavy atom. The highest BCUT2D eigenvalue weighted by atomic mass is 16.7. The zero-order chi connectivity index (χ0) is 23.1. The van der Waals surface area contributed by atoms with Gasteiger partial charge in [0.2, 0.25) is 20.0 Å². The summed E-state index contributed by atoms with van der Waals surface area (Å²) in [7, 11) is 4.94. The van der Waals surface area contributed by atoms with Crippen LogP contribution in [0.3, 0.4) is 0 Å². The molecule has 2 rings (SSSR count). The predicted octanol–water partition coefficient (Wildman–Crippen LogP) is -2.16. The van der Waals surface area contributed by atoms with Crippen molar-refractivity contribution in [1.82, 2.24) is 5.32 Å². The van der Waals surface area contributed by atoms with Gasteiger partial charge in [0.15, 0.2) is 6.10 Å². The first-order valence-corrected chi connectivity index (χ1v) is 9.28. The fourth-order valence-electron chi connectivity index (χ4n) is 2.78. The molecule has 1 fully saturated rings. The summed E-state index contributed by atoms with van der Waals surface area (Å²) in [4.78, 5) is 34.7. The molecule has 12 nitrogen and oxygen atoms in total. The van der Waals surface area contributed by atoms with Crippen LogP contribution in [0.1, 0.15) is 22.3 Å². The molecular weight excluding hydrogens is 415 g/mol. The van der Waals surface area contributed by atoms with Gasteiger partial charge in [0, 0.05) is 6.54 Å². The van der Waals surface area contributed by atoms with Crippen LogP contribution < -0.4 is 15.8 Å². The molecule has 31 heavy (non-hydrogen) atoms. The number of aliphatic carboxylic acids is 1. The van der Waals surface area contributed by atoms with E-state index in [-0.39, 0.29) is 24.5 Å². The second-order valence-corrected chi connectivity index (χ2v) is 6.69. The van der Waals surface area contributed by atoms with Crippen LogP contribution in [0.15, 0.2) is 18.2 Å². The number of carboxylic acids is 1. The van der Waals surface area contributed by atoms with Crippen molar-refractivity contribution in [2.75, 3.05) is 13.1 Å². The van der Waals surface area contributed by atoms with Gasteiger partial charge in [0.1, 0.15) is 30.7 Å². The van der Waals surface area contributed by atoms with Gasteiger partial charge in [-0.2, -0.15) is 0 Å². The maximum Gasteiger partial charge on any atom is 0.335 e. The third-order valence-corrected chi connectivity index (χ3v) is 4.39. The molecule has 1 heterocycles. The number of nitrogens with one attached hydrogen (secondary N) is 1. The summed E-state index contributed by atoms with van der Waals surface area (Å²) in [5.74, 6) is -3.30. The number of benzene rings is 1. The summed E-state index contributed by atoms with van der Waals surface area (Å²) in [5.41, 5.74) is 5.74. The van der Waals surface area contributed by atoms with Crippen molar-refractivity contribution in [2.45, 2.75) is 43.7 Å². The van der Waals surface area contributed by atoms with Gasteiger partial charge in [-0.15, -0.1) is 0 Å². The van der Waals surface area contributed by atoms with E-state index in [1.54, 1.807) is 0 Å². The Balaban J connectivity index is 2.29. The van der Waals surface area contributed by atoms with E-state index in [4.69, 9.17) is 32.9 Å². The normalized spacial score (nSPS) is 25.5. The average molecular weight is 438 g/mol. The number of aliphatic hydroxyl groups excluding tert-OH is 3. The number of carboxylic acid groups (broad SMARTS) is 1. The SMILES string of the molecule is [B]C(=O)OCc1ccc(O[C@@H]2O[C@H](C(=O)O)[C@@H](O)[C@H](O)[C@H]2O)c(C(=O)NCCCN)c1. The highest BCUT2D eigenvalue weighted by Crippen LogP contribution is 2.28. The third kappa shape index (κ3) is 6.39. The monoisotopic (exact) mass is 438 g/mol. The second kappa shape index (κ2) is 11.1. The number of amides is 1. The van der Waals surface area contributed by atoms with Crippen molar-refractivity contribution in [3.05, 3.63) is 29.3 Å². The lowest BCUT2D eigenvalue weighted by Gasteiger charge is -2.38. The maximum atomic E-state index is 12.6. The standard InChI is InChI=1S/C18H23BN2O10/c19-18(28)29-7-8-2-3-10(9(6-8)15(25)21-5-1-4-20)30-17-13(24)11(22)12(23)14(31-17)16(26)27/h2-3,6,11-14,17,22-24H,1,4-5,7,20H2,(H,21,25)(H,26,27)/t11-,12-,13+,14-,17+/m0/s1. The van der Waals surface area contributed by atoms with Crippen LogP contribution in [-0.4, -0.2) is 89.8 Å². The zero-order valence-electron chi connectivity index (χ0n) is 16.3. The second-order valence-electron chi connectivity index (χ2n) is 6.69. The Kier molecular flexibility index (Phi) is 8.77. The van der Waals surface area contributed by atoms with Gasteiger partial charge in [-0.3, -0.25) is 9.59 Å². The molecule has 1 aliphatic rings. The van der Waals surface area contributed by atoms with Crippen molar-refractivity contribution in [2.24, 2.45) is 5.73 Å². The molecule has 2 radical (unpaired) electrons. The van der Waals surface area contributed by atoms with E-state index >= 15 is 0 Å². The lowest BCUT2D eigenvalue weighted by Crippen LogP contribution is -2.61. The van der Waals surface area contributed by atoms with E-state index in [1.807, 2.05) is 0 Å². The molecule has 1 aliphatic heterocycles. The molecule has 1 amide bonds. The van der Waals surface area contributed by atoms with E-state index in [1.165, 1.54) is 18.2 Å². The summed E-state index contributed by atoms with van der Waals surface area (Å²) in [6.45, 7) is 0.369. The van der Waals surface area contributed by atoms with E-state index in [0.29, 0.717) is 18.5 Å². The van der Waals surface area contributed by atoms with Crippen LogP contribution in [0.4, 0.5) is 4.79 Å². The van der Waals surface area contributed by atoms with Crippen molar-refractivity contribution in [3.8, 4) is 5.75 Å². The summed E-state index contributed by atoms with van der Waals surface area (Å²) in [6.07, 6.45) is -8.64. The largest absolute Gasteiger partial charge is 0.479 e. The van der Waals surface area contributed by atoms with E-state index in [2.05, 4.69) is 5.32 Å². The summed E-state index contributed by atoms with van der Waals surface area (Å²) >= 11 is 0. The minimum absolute atomic E-state index is 0.0501. The van der Waals surface area contributed by atoms with Gasteiger partial charge in [-0.25, -0.2) is 4.79 Å². The summed E-state index contributed by atoms with van der Waals surface area (Å²) < 4.78 is 15.2. The Morgan fingerprint density at radius 1 is 1.16 bits per heavy atom. The number of rotatable bonds is 9. The molecule has 0 saturated carbocycles. The summed E-state index contributed by atoms with van der Waals surface area (Å²) in [6, 6.07) is 4.08. The number of ether oxygens (including phenoxy) is 3. The van der Waals surface area contributed by atoms with Crippen molar-refractivity contribution in [3.63, 3.8) is 0 Å². The molecule has 1 aromatic carbocycles. The fourth-order valence-corrected chi connectivity index (χ4v) is 2.78. The number of hydrogen-bond acceptors (Lipinski definition) is 10. The minimum Gasteiger partial charge on any atom is -0.479 e. The Bertz CT molecular complexity index is 808. The van der Waals surface area contributed by atoms with Gasteiger partial charge in [-0.1, -0.05) is 6.07 Å². The van der Waals surface area contributed by atoms with Crippen LogP contribution in [0, 0.1) is 0 Å². The lowest BCUT2D eigenvalue weighted by molar-refractivity contribution is -0.271. The van der Waals surface area contributed by atoms with Crippen molar-refractivity contribution in [1.29, 1.82) is 0 Å². The molecule has 0 unspecified atom stereocenters. The van der Waals surface area contributed by atoms with Crippen LogP contribution in [0.5, 0.6) is 5.75 Å². The lowest BCUT2D eigenvalue weighted by atomic mass is 9.99. The van der Waals surface area contributed by atoms with Gasteiger partial charge in [-0.05, 0) is 30.7 Å². The predicted molar refractivity (Wildman–Crippen MR) is 103 cm³/mol. The number of hydrogen-bond donors (Lipinski definition) is 6. The smallest absolute Gasteiger partial charge is 0.335 e. The Labute approximate surface area is 178 Å². The zero-order valence-corrected chi connectivity index (χ0v) is 16.3. The topological polar surface area (TPSA) is 198 Å². The van der Waals surface area contributed by atoms with Gasteiger partial charge in [0.05, 0.1) is 5.56 Å². The van der Waals surface area contributed by atoms with E-state index in [0.717, 1.165) is 0 Å². The minimum atomic E-state index is -1.89. The molecule has 0 spiro atoms. The van der Waals surface area contributed by atoms with Crippen LogP contribution in [-0.2, 0) is 20.9 Å². The van der Waals surface area contributed by atoms with Crippen molar-refractivity contribution < 1.29 is 49.0 Å². The molecule has 0 aliphatic carbocycles. The first kappa shape index (κ1) is 24.6. The fraction of sp³-hybridized carbons (Fsp3) is 0.500. The van der Waals surface area contributed by atoms with E-state index < -0.39 is 48.5 Å². The van der Waals surface area contributed by atoms with Crippen LogP contribution in [0.2, 0.25) is 0 Å². The van der Waals surface area contributed by atoms with Gasteiger partial charge in [0.25, 0.3) is 5.91 Å². The Hall–Kier alpha value is -2.71. The molecule has 5 atom stereocenters. The van der Waals surface area contributed by atoms with Crippen LogP contribution in [0.25, 0.3) is 0 Å². The first-order chi connectivity index (χ1) is 14.6. The highest BCUT2D eigenvalue weighted by molar-refractivity contribution is 6.55. The molecule has 0 aromatic heterocycles. The highest BCUT2D eigenvalue weighted by Gasteiger charge is 2.48. The maximum absolute atomic E-state index is 12.6. The van der Waals surface area contributed by atoms with Crippen molar-refractivity contribution >= 4 is 25.6 Å². The molecular formula is C18H23BN2O10. The van der Waals surface area contributed by atoms with Crippen LogP contribution >= 0.6 is 0 Å². The van der Waals surface area contributed by atoms with E-state index in [9.17, 15) is 29.7 Å². The number of carbonyl (C=O) groups is 3. The van der Waals surface area contributed by atoms with Gasteiger partial charge < -0.3 is 45.7 Å².